The van der Waals surface area contributed by atoms with E-state index in [0.29, 0.717) is 13.2 Å². The molecule has 0 radical (unpaired) electrons. The standard InChI is InChI=1S/C95H84N2O2/c1-3-5-7-9-11-21-57-98-89-53-41-81(42-54-89)95(82-43-55-90(56-44-82)99-58-22-12-10-8-6-4-2)91-65-79(71-33-45-83(46-34-71)96(85-49-37-67-23-13-17-27-73(67)61-85)86-50-38-68-24-14-18-28-74(68)62-86)59-77-31-32-78-60-80(66-92(95)94(78)93(77)91)72-35-47-84(48-36-72)97(87-51-39-69-25-15-19-29-75(69)63-87)88-52-40-70-26-16-20-30-76(70)64-88/h13-20,23-56,59-66H,3-12,21-22,57-58H2,1-2H3. The molecule has 1 aliphatic rings. The zero-order valence-corrected chi connectivity index (χ0v) is 57.0. The van der Waals surface area contributed by atoms with Crippen LogP contribution in [-0.2, 0) is 5.41 Å². The van der Waals surface area contributed by atoms with Gasteiger partial charge in [-0.1, -0.05) is 260 Å². The Balaban J connectivity index is 0.833. The van der Waals surface area contributed by atoms with Crippen molar-refractivity contribution in [1.82, 2.24) is 0 Å². The highest BCUT2D eigenvalue weighted by atomic mass is 16.5. The molecule has 15 aromatic rings. The fourth-order valence-electron chi connectivity index (χ4n) is 15.7. The summed E-state index contributed by atoms with van der Waals surface area (Å²) < 4.78 is 13.2. The Morgan fingerprint density at radius 1 is 0.242 bits per heavy atom. The second-order valence-corrected chi connectivity index (χ2v) is 27.2. The van der Waals surface area contributed by atoms with Crippen LogP contribution >= 0.6 is 0 Å². The molecule has 0 heterocycles. The molecule has 0 unspecified atom stereocenters. The highest BCUT2D eigenvalue weighted by Gasteiger charge is 2.46. The lowest BCUT2D eigenvalue weighted by Crippen LogP contribution is -2.29. The van der Waals surface area contributed by atoms with Crippen LogP contribution in [0, 0.1) is 0 Å². The number of anilines is 6. The second-order valence-electron chi connectivity index (χ2n) is 27.2. The van der Waals surface area contributed by atoms with Gasteiger partial charge in [-0.05, 0) is 243 Å². The lowest BCUT2D eigenvalue weighted by atomic mass is 9.66. The van der Waals surface area contributed by atoms with Gasteiger partial charge in [0.2, 0.25) is 0 Å². The summed E-state index contributed by atoms with van der Waals surface area (Å²) in [6.45, 7) is 5.97. The minimum atomic E-state index is -0.756. The number of hydrogen-bond acceptors (Lipinski definition) is 4. The van der Waals surface area contributed by atoms with E-state index >= 15 is 0 Å². The molecule has 0 fully saturated rings. The molecule has 0 saturated heterocycles. The van der Waals surface area contributed by atoms with Crippen LogP contribution in [0.25, 0.3) is 86.9 Å². The summed E-state index contributed by atoms with van der Waals surface area (Å²) in [5, 5.41) is 14.7. The molecule has 0 saturated carbocycles. The van der Waals surface area contributed by atoms with Gasteiger partial charge in [-0.25, -0.2) is 0 Å². The van der Waals surface area contributed by atoms with E-state index in [1.54, 1.807) is 0 Å². The Hall–Kier alpha value is -10.9. The van der Waals surface area contributed by atoms with Crippen LogP contribution in [0.15, 0.2) is 303 Å². The molecule has 486 valence electrons. The van der Waals surface area contributed by atoms with Crippen molar-refractivity contribution in [3.63, 3.8) is 0 Å². The maximum Gasteiger partial charge on any atom is 0.119 e. The maximum atomic E-state index is 6.61. The van der Waals surface area contributed by atoms with Gasteiger partial charge in [0.25, 0.3) is 0 Å². The molecule has 99 heavy (non-hydrogen) atoms. The predicted molar refractivity (Wildman–Crippen MR) is 421 cm³/mol. The van der Waals surface area contributed by atoms with Gasteiger partial charge in [-0.2, -0.15) is 0 Å². The zero-order valence-electron chi connectivity index (χ0n) is 57.0. The molecular formula is C95H84N2O2. The van der Waals surface area contributed by atoms with Crippen LogP contribution in [0.4, 0.5) is 34.1 Å². The average Bonchev–Trinajstić information content (AvgIpc) is 1.52. The Kier molecular flexibility index (Phi) is 17.9. The third-order valence-corrected chi connectivity index (χ3v) is 20.8. The van der Waals surface area contributed by atoms with Crippen molar-refractivity contribution in [1.29, 1.82) is 0 Å². The first-order valence-corrected chi connectivity index (χ1v) is 36.3. The summed E-state index contributed by atoms with van der Waals surface area (Å²) in [6.07, 6.45) is 14.6. The Bertz CT molecular complexity index is 4870. The molecule has 15 aromatic carbocycles. The van der Waals surface area contributed by atoms with Crippen molar-refractivity contribution in [2.24, 2.45) is 0 Å². The number of hydrogen-bond donors (Lipinski definition) is 0. The van der Waals surface area contributed by atoms with Crippen molar-refractivity contribution < 1.29 is 9.47 Å². The van der Waals surface area contributed by atoms with Crippen molar-refractivity contribution in [2.45, 2.75) is 96.3 Å². The molecule has 0 atom stereocenters. The molecule has 4 heteroatoms. The first-order valence-electron chi connectivity index (χ1n) is 36.3. The van der Waals surface area contributed by atoms with Gasteiger partial charge in [0.05, 0.1) is 18.6 Å². The van der Waals surface area contributed by atoms with E-state index in [2.05, 4.69) is 327 Å². The molecule has 0 aliphatic heterocycles. The Labute approximate surface area is 583 Å². The van der Waals surface area contributed by atoms with Gasteiger partial charge in [0.1, 0.15) is 11.5 Å². The van der Waals surface area contributed by atoms with E-state index in [0.717, 1.165) is 69.6 Å². The second kappa shape index (κ2) is 28.3. The van der Waals surface area contributed by atoms with Crippen molar-refractivity contribution in [2.75, 3.05) is 23.0 Å². The Morgan fingerprint density at radius 3 is 0.869 bits per heavy atom. The van der Waals surface area contributed by atoms with Crippen LogP contribution in [0.1, 0.15) is 113 Å². The van der Waals surface area contributed by atoms with Crippen LogP contribution in [0.3, 0.4) is 0 Å². The van der Waals surface area contributed by atoms with Crippen LogP contribution in [0.2, 0.25) is 0 Å². The summed E-state index contributed by atoms with van der Waals surface area (Å²) in [5.74, 6) is 1.80. The fourth-order valence-corrected chi connectivity index (χ4v) is 15.7. The number of unbranched alkanes of at least 4 members (excludes halogenated alkanes) is 10. The van der Waals surface area contributed by atoms with E-state index in [1.165, 1.54) is 162 Å². The first-order chi connectivity index (χ1) is 49.0. The summed E-state index contributed by atoms with van der Waals surface area (Å²) in [4.78, 5) is 4.81. The molecule has 0 amide bonds. The summed E-state index contributed by atoms with van der Waals surface area (Å²) in [6, 6.07) is 113. The van der Waals surface area contributed by atoms with Crippen LogP contribution in [0.5, 0.6) is 11.5 Å². The topological polar surface area (TPSA) is 24.9 Å². The first kappa shape index (κ1) is 62.8. The third kappa shape index (κ3) is 12.5. The number of fused-ring (bicyclic) bond motifs is 4. The van der Waals surface area contributed by atoms with E-state index in [1.807, 2.05) is 0 Å². The summed E-state index contributed by atoms with van der Waals surface area (Å²) in [5.41, 5.74) is 15.4. The molecule has 0 aromatic heterocycles. The largest absolute Gasteiger partial charge is 0.494 e. The number of ether oxygens (including phenoxy) is 2. The molecule has 1 aliphatic carbocycles. The minimum Gasteiger partial charge on any atom is -0.494 e. The lowest BCUT2D eigenvalue weighted by molar-refractivity contribution is 0.304. The minimum absolute atomic E-state index is 0.704. The molecule has 0 N–H and O–H groups in total. The van der Waals surface area contributed by atoms with E-state index < -0.39 is 5.41 Å². The van der Waals surface area contributed by atoms with Gasteiger partial charge in [0.15, 0.2) is 0 Å². The van der Waals surface area contributed by atoms with Crippen molar-refractivity contribution in [3.8, 4) is 33.8 Å². The fraction of sp³-hybridized carbons (Fsp3) is 0.179. The van der Waals surface area contributed by atoms with Crippen LogP contribution in [-0.4, -0.2) is 13.2 Å². The van der Waals surface area contributed by atoms with Crippen LogP contribution < -0.4 is 19.3 Å². The molecule has 0 spiro atoms. The normalized spacial score (nSPS) is 12.4. The quantitative estimate of drug-likeness (QED) is 0.0398. The molecule has 16 rings (SSSR count). The van der Waals surface area contributed by atoms with Gasteiger partial charge in [-0.3, -0.25) is 0 Å². The van der Waals surface area contributed by atoms with Gasteiger partial charge in [-0.15, -0.1) is 0 Å². The molecule has 0 bridgehead atoms. The van der Waals surface area contributed by atoms with E-state index in [4.69, 9.17) is 9.47 Å². The number of nitrogens with zero attached hydrogens (tertiary/aromatic N) is 2. The molecular weight excluding hydrogens is 1200 g/mol. The zero-order chi connectivity index (χ0) is 66.5. The highest BCUT2D eigenvalue weighted by molar-refractivity contribution is 6.18. The monoisotopic (exact) mass is 1280 g/mol. The lowest BCUT2D eigenvalue weighted by Gasteiger charge is -2.35. The van der Waals surface area contributed by atoms with E-state index in [-0.39, 0.29) is 0 Å². The summed E-state index contributed by atoms with van der Waals surface area (Å²) in [7, 11) is 0. The van der Waals surface area contributed by atoms with Gasteiger partial charge in [0, 0.05) is 34.1 Å². The van der Waals surface area contributed by atoms with Crippen molar-refractivity contribution >= 4 is 98.8 Å². The third-order valence-electron chi connectivity index (χ3n) is 20.8. The average molecular weight is 1290 g/mol. The maximum absolute atomic E-state index is 6.61. The number of rotatable bonds is 26. The Morgan fingerprint density at radius 2 is 0.535 bits per heavy atom. The SMILES string of the molecule is CCCCCCCCOc1ccc(C2(c3ccc(OCCCCCCCC)cc3)c3cc(-c4ccc(N(c5ccc6ccccc6c5)c5ccc6ccccc6c5)cc4)cc4ccc5cc(-c6ccc(N(c7ccc8ccccc8c7)c7ccc8ccccc8c7)cc6)cc2c5c34)cc1. The highest BCUT2D eigenvalue weighted by Crippen LogP contribution is 2.58. The predicted octanol–water partition coefficient (Wildman–Crippen LogP) is 27.1. The molecule has 4 nitrogen and oxygen atoms in total. The number of benzene rings is 15. The van der Waals surface area contributed by atoms with Crippen molar-refractivity contribution in [3.05, 3.63) is 326 Å². The smallest absolute Gasteiger partial charge is 0.119 e. The van der Waals surface area contributed by atoms with Gasteiger partial charge < -0.3 is 19.3 Å². The summed E-state index contributed by atoms with van der Waals surface area (Å²) >= 11 is 0. The van der Waals surface area contributed by atoms with E-state index in [9.17, 15) is 0 Å². The van der Waals surface area contributed by atoms with Gasteiger partial charge >= 0.3 is 0 Å².